The van der Waals surface area contributed by atoms with E-state index in [0.29, 0.717) is 12.4 Å². The second-order valence-corrected chi connectivity index (χ2v) is 6.87. The molecule has 8 nitrogen and oxygen atoms in total. The molecule has 0 radical (unpaired) electrons. The molecular weight excluding hydrogens is 416 g/mol. The number of carboxylic acid groups (broad SMARTS) is 1. The summed E-state index contributed by atoms with van der Waals surface area (Å²) in [5, 5.41) is 9.15. The fraction of sp³-hybridized carbons (Fsp3) is 0.619. The highest BCUT2D eigenvalue weighted by Gasteiger charge is 2.21. The summed E-state index contributed by atoms with van der Waals surface area (Å²) in [5.41, 5.74) is 0.791. The summed E-state index contributed by atoms with van der Waals surface area (Å²) in [5.74, 6) is -3.25. The lowest BCUT2D eigenvalue weighted by Crippen LogP contribution is -2.37. The number of amides is 1. The molecule has 0 saturated heterocycles. The quantitative estimate of drug-likeness (QED) is 0.413. The van der Waals surface area contributed by atoms with Crippen molar-refractivity contribution in [3.8, 4) is 5.75 Å². The predicted octanol–water partition coefficient (Wildman–Crippen LogP) is 3.23. The van der Waals surface area contributed by atoms with Gasteiger partial charge in [-0.15, -0.1) is 0 Å². The zero-order chi connectivity index (χ0) is 23.3. The van der Waals surface area contributed by atoms with Crippen LogP contribution in [0.1, 0.15) is 25.8 Å². The van der Waals surface area contributed by atoms with E-state index in [1.165, 1.54) is 12.0 Å². The van der Waals surface area contributed by atoms with Crippen molar-refractivity contribution in [2.24, 2.45) is 0 Å². The van der Waals surface area contributed by atoms with E-state index in [1.54, 1.807) is 31.2 Å². The van der Waals surface area contributed by atoms with Gasteiger partial charge in [0.2, 0.25) is 5.92 Å². The minimum atomic E-state index is -2.79. The summed E-state index contributed by atoms with van der Waals surface area (Å²) in [6.45, 7) is 3.44. The van der Waals surface area contributed by atoms with Crippen molar-refractivity contribution in [3.05, 3.63) is 29.8 Å². The molecule has 1 aromatic rings. The molecular formula is C21H31F2NO7. The molecule has 0 fully saturated rings. The molecule has 1 unspecified atom stereocenters. The van der Waals surface area contributed by atoms with Crippen LogP contribution in [-0.2, 0) is 25.4 Å². The molecule has 0 saturated carbocycles. The fourth-order valence-electron chi connectivity index (χ4n) is 2.58. The number of methoxy groups -OCH3 is 1. The van der Waals surface area contributed by atoms with E-state index < -0.39 is 24.1 Å². The number of carbonyl (C=O) groups is 2. The van der Waals surface area contributed by atoms with Gasteiger partial charge < -0.3 is 29.0 Å². The Hall–Kier alpha value is -2.46. The summed E-state index contributed by atoms with van der Waals surface area (Å²) in [7, 11) is 1.25. The van der Waals surface area contributed by atoms with Crippen molar-refractivity contribution < 1.29 is 42.4 Å². The van der Waals surface area contributed by atoms with Gasteiger partial charge in [0.05, 0.1) is 26.9 Å². The standard InChI is InChI=1S/C21H31F2NO7/c1-4-30-18(19(25)26)15-16-5-7-17(8-6-16)31-14-11-24(20(27)28-3)10-13-29-12-9-21(2,22)23/h5-8,18H,4,9-15H2,1-3H3,(H,25,26). The number of carboxylic acids is 1. The van der Waals surface area contributed by atoms with Gasteiger partial charge in [-0.05, 0) is 31.5 Å². The first-order valence-electron chi connectivity index (χ1n) is 10.0. The number of hydrogen-bond donors (Lipinski definition) is 1. The van der Waals surface area contributed by atoms with Crippen molar-refractivity contribution in [2.45, 2.75) is 38.7 Å². The van der Waals surface area contributed by atoms with Gasteiger partial charge in [-0.3, -0.25) is 0 Å². The highest BCUT2D eigenvalue weighted by Crippen LogP contribution is 2.16. The summed E-state index contributed by atoms with van der Waals surface area (Å²) in [6, 6.07) is 6.91. The maximum absolute atomic E-state index is 12.8. The molecule has 10 heteroatoms. The average Bonchev–Trinajstić information content (AvgIpc) is 2.71. The molecule has 0 heterocycles. The minimum Gasteiger partial charge on any atom is -0.492 e. The molecule has 176 valence electrons. The van der Waals surface area contributed by atoms with Crippen LogP contribution in [0, 0.1) is 0 Å². The van der Waals surface area contributed by atoms with E-state index in [4.69, 9.17) is 24.1 Å². The summed E-state index contributed by atoms with van der Waals surface area (Å²) >= 11 is 0. The maximum atomic E-state index is 12.8. The predicted molar refractivity (Wildman–Crippen MR) is 109 cm³/mol. The summed E-state index contributed by atoms with van der Waals surface area (Å²) in [4.78, 5) is 24.4. The minimum absolute atomic E-state index is 0.102. The van der Waals surface area contributed by atoms with Gasteiger partial charge in [-0.2, -0.15) is 0 Å². The molecule has 0 bridgehead atoms. The zero-order valence-electron chi connectivity index (χ0n) is 18.1. The van der Waals surface area contributed by atoms with Gasteiger partial charge in [-0.25, -0.2) is 18.4 Å². The third kappa shape index (κ3) is 11.5. The van der Waals surface area contributed by atoms with Gasteiger partial charge in [0.1, 0.15) is 12.4 Å². The van der Waals surface area contributed by atoms with Crippen LogP contribution in [0.25, 0.3) is 0 Å². The number of nitrogens with zero attached hydrogens (tertiary/aromatic N) is 1. The average molecular weight is 447 g/mol. The van der Waals surface area contributed by atoms with E-state index in [-0.39, 0.29) is 45.8 Å². The molecule has 31 heavy (non-hydrogen) atoms. The van der Waals surface area contributed by atoms with Crippen LogP contribution >= 0.6 is 0 Å². The van der Waals surface area contributed by atoms with Gasteiger partial charge in [0.15, 0.2) is 6.10 Å². The van der Waals surface area contributed by atoms with Crippen LogP contribution in [0.4, 0.5) is 13.6 Å². The number of rotatable bonds is 15. The largest absolute Gasteiger partial charge is 0.492 e. The van der Waals surface area contributed by atoms with Crippen LogP contribution in [-0.4, -0.2) is 80.7 Å². The Morgan fingerprint density at radius 3 is 2.32 bits per heavy atom. The van der Waals surface area contributed by atoms with Crippen LogP contribution in [0.2, 0.25) is 0 Å². The van der Waals surface area contributed by atoms with E-state index in [9.17, 15) is 18.4 Å². The molecule has 0 aliphatic carbocycles. The molecule has 0 spiro atoms. The fourth-order valence-corrected chi connectivity index (χ4v) is 2.58. The van der Waals surface area contributed by atoms with Crippen molar-refractivity contribution >= 4 is 12.1 Å². The Morgan fingerprint density at radius 1 is 1.13 bits per heavy atom. The first-order valence-corrected chi connectivity index (χ1v) is 10.0. The molecule has 0 aliphatic heterocycles. The second kappa shape index (κ2) is 13.8. The van der Waals surface area contributed by atoms with Gasteiger partial charge in [-0.1, -0.05) is 12.1 Å². The normalized spacial score (nSPS) is 12.3. The zero-order valence-corrected chi connectivity index (χ0v) is 18.1. The van der Waals surface area contributed by atoms with Crippen LogP contribution in [0.5, 0.6) is 5.75 Å². The number of benzene rings is 1. The van der Waals surface area contributed by atoms with Crippen LogP contribution < -0.4 is 4.74 Å². The highest BCUT2D eigenvalue weighted by molar-refractivity contribution is 5.72. The third-order valence-corrected chi connectivity index (χ3v) is 4.24. The number of aliphatic carboxylic acids is 1. The molecule has 1 N–H and O–H groups in total. The SMILES string of the molecule is CCOC(Cc1ccc(OCCN(CCOCCC(C)(F)F)C(=O)OC)cc1)C(=O)O. The van der Waals surface area contributed by atoms with E-state index >= 15 is 0 Å². The third-order valence-electron chi connectivity index (χ3n) is 4.24. The molecule has 0 aromatic heterocycles. The highest BCUT2D eigenvalue weighted by atomic mass is 19.3. The number of ether oxygens (including phenoxy) is 4. The van der Waals surface area contributed by atoms with Gasteiger partial charge in [0, 0.05) is 26.0 Å². The van der Waals surface area contributed by atoms with Crippen molar-refractivity contribution in [1.82, 2.24) is 4.90 Å². The summed E-state index contributed by atoms with van der Waals surface area (Å²) < 4.78 is 46.2. The van der Waals surface area contributed by atoms with Crippen LogP contribution in [0.15, 0.2) is 24.3 Å². The molecule has 1 rings (SSSR count). The topological polar surface area (TPSA) is 94.5 Å². The van der Waals surface area contributed by atoms with Gasteiger partial charge in [0.25, 0.3) is 0 Å². The number of hydrogen-bond acceptors (Lipinski definition) is 6. The van der Waals surface area contributed by atoms with Crippen molar-refractivity contribution in [3.63, 3.8) is 0 Å². The van der Waals surface area contributed by atoms with Crippen LogP contribution in [0.3, 0.4) is 0 Å². The Morgan fingerprint density at radius 2 is 1.77 bits per heavy atom. The van der Waals surface area contributed by atoms with Crippen molar-refractivity contribution in [1.29, 1.82) is 0 Å². The number of carbonyl (C=O) groups excluding carboxylic acids is 1. The molecule has 1 amide bonds. The van der Waals surface area contributed by atoms with Gasteiger partial charge >= 0.3 is 12.1 Å². The lowest BCUT2D eigenvalue weighted by Gasteiger charge is -2.21. The van der Waals surface area contributed by atoms with E-state index in [2.05, 4.69) is 0 Å². The second-order valence-electron chi connectivity index (χ2n) is 6.87. The lowest BCUT2D eigenvalue weighted by molar-refractivity contribution is -0.149. The Balaban J connectivity index is 2.44. The Kier molecular flexibility index (Phi) is 11.8. The summed E-state index contributed by atoms with van der Waals surface area (Å²) in [6.07, 6.45) is -1.62. The first kappa shape index (κ1) is 26.6. The van der Waals surface area contributed by atoms with E-state index in [0.717, 1.165) is 12.5 Å². The van der Waals surface area contributed by atoms with Crippen molar-refractivity contribution in [2.75, 3.05) is 46.6 Å². The number of alkyl halides is 2. The molecule has 1 aromatic carbocycles. The molecule has 0 aliphatic rings. The monoisotopic (exact) mass is 447 g/mol. The Bertz CT molecular complexity index is 665. The number of halogens is 2. The van der Waals surface area contributed by atoms with E-state index in [1.807, 2.05) is 0 Å². The first-order chi connectivity index (χ1) is 14.7. The smallest absolute Gasteiger partial charge is 0.409 e. The maximum Gasteiger partial charge on any atom is 0.409 e. The molecule has 1 atom stereocenters. The Labute approximate surface area is 181 Å². The lowest BCUT2D eigenvalue weighted by atomic mass is 10.1.